The molecule has 30 heavy (non-hydrogen) atoms. The lowest BCUT2D eigenvalue weighted by atomic mass is 10.1. The molecule has 0 spiro atoms. The van der Waals surface area contributed by atoms with Crippen LogP contribution in [0.1, 0.15) is 39.5 Å². The number of nitrogens with zero attached hydrogens (tertiary/aromatic N) is 3. The van der Waals surface area contributed by atoms with Gasteiger partial charge in [0.05, 0.1) is 29.5 Å². The topological polar surface area (TPSA) is 79.4 Å². The van der Waals surface area contributed by atoms with Gasteiger partial charge in [-0.15, -0.1) is 22.7 Å². The van der Waals surface area contributed by atoms with E-state index in [9.17, 15) is 4.79 Å². The Morgan fingerprint density at radius 2 is 2.17 bits per heavy atom. The molecule has 1 aliphatic heterocycles. The van der Waals surface area contributed by atoms with E-state index in [0.717, 1.165) is 60.9 Å². The fourth-order valence-corrected chi connectivity index (χ4v) is 5.59. The third kappa shape index (κ3) is 4.64. The Hall–Kier alpha value is -2.07. The molecule has 0 saturated carbocycles. The smallest absolute Gasteiger partial charge is 0.261 e. The van der Waals surface area contributed by atoms with Gasteiger partial charge in [0.1, 0.15) is 17.0 Å². The first-order chi connectivity index (χ1) is 14.7. The average molecular weight is 446 g/mol. The number of hydrogen-bond acceptors (Lipinski definition) is 8. The molecule has 160 valence electrons. The van der Waals surface area contributed by atoms with Gasteiger partial charge in [0.2, 0.25) is 0 Å². The summed E-state index contributed by atoms with van der Waals surface area (Å²) in [4.78, 5) is 26.9. The maximum Gasteiger partial charge on any atom is 0.261 e. The molecule has 0 radical (unpaired) electrons. The molecule has 0 bridgehead atoms. The fourth-order valence-electron chi connectivity index (χ4n) is 3.66. The summed E-state index contributed by atoms with van der Waals surface area (Å²) in [7, 11) is 0. The molecule has 0 aromatic carbocycles. The first kappa shape index (κ1) is 21.2. The Kier molecular flexibility index (Phi) is 6.93. The van der Waals surface area contributed by atoms with E-state index in [1.54, 1.807) is 17.7 Å². The zero-order valence-electron chi connectivity index (χ0n) is 17.3. The van der Waals surface area contributed by atoms with Crippen molar-refractivity contribution in [3.8, 4) is 0 Å². The molecular weight excluding hydrogens is 418 g/mol. The van der Waals surface area contributed by atoms with Crippen molar-refractivity contribution in [1.82, 2.24) is 20.2 Å². The normalized spacial score (nSPS) is 15.9. The molecule has 3 aromatic rings. The van der Waals surface area contributed by atoms with Gasteiger partial charge in [-0.1, -0.05) is 13.0 Å². The number of hydrogen-bond donors (Lipinski definition) is 2. The number of ether oxygens (including phenoxy) is 1. The van der Waals surface area contributed by atoms with Crippen LogP contribution in [0.15, 0.2) is 23.8 Å². The second kappa shape index (κ2) is 9.82. The molecule has 1 amide bonds. The highest BCUT2D eigenvalue weighted by Crippen LogP contribution is 2.35. The minimum absolute atomic E-state index is 0.0417. The molecular formula is C21H27N5O2S2. The highest BCUT2D eigenvalue weighted by molar-refractivity contribution is 7.20. The van der Waals surface area contributed by atoms with E-state index < -0.39 is 0 Å². The molecule has 3 aromatic heterocycles. The Morgan fingerprint density at radius 3 is 2.90 bits per heavy atom. The highest BCUT2D eigenvalue weighted by Gasteiger charge is 2.21. The molecule has 1 unspecified atom stereocenters. The van der Waals surface area contributed by atoms with Crippen molar-refractivity contribution in [2.75, 3.05) is 44.7 Å². The van der Waals surface area contributed by atoms with E-state index in [2.05, 4.69) is 49.9 Å². The summed E-state index contributed by atoms with van der Waals surface area (Å²) in [6, 6.07) is 4.39. The van der Waals surface area contributed by atoms with Gasteiger partial charge in [0.25, 0.3) is 5.91 Å². The van der Waals surface area contributed by atoms with Gasteiger partial charge in [-0.2, -0.15) is 0 Å². The summed E-state index contributed by atoms with van der Waals surface area (Å²) >= 11 is 3.17. The summed E-state index contributed by atoms with van der Waals surface area (Å²) in [6.07, 6.45) is 2.52. The second-order valence-electron chi connectivity index (χ2n) is 7.29. The number of carbonyl (C=O) groups is 1. The number of aryl methyl sites for hydroxylation is 1. The lowest BCUT2D eigenvalue weighted by Crippen LogP contribution is -2.41. The van der Waals surface area contributed by atoms with Crippen molar-refractivity contribution in [3.05, 3.63) is 39.2 Å². The van der Waals surface area contributed by atoms with E-state index in [-0.39, 0.29) is 11.9 Å². The Bertz CT molecular complexity index is 983. The molecule has 2 N–H and O–H groups in total. The summed E-state index contributed by atoms with van der Waals surface area (Å²) in [5.74, 6) is 0.751. The Labute approximate surface area is 184 Å². The van der Waals surface area contributed by atoms with Gasteiger partial charge in [-0.05, 0) is 30.4 Å². The van der Waals surface area contributed by atoms with E-state index in [1.807, 2.05) is 6.92 Å². The van der Waals surface area contributed by atoms with Crippen LogP contribution in [0.4, 0.5) is 5.82 Å². The fraction of sp³-hybridized carbons (Fsp3) is 0.476. The zero-order chi connectivity index (χ0) is 20.9. The maximum atomic E-state index is 12.8. The van der Waals surface area contributed by atoms with Gasteiger partial charge in [0, 0.05) is 31.1 Å². The van der Waals surface area contributed by atoms with Gasteiger partial charge in [-0.25, -0.2) is 9.97 Å². The Morgan fingerprint density at radius 1 is 1.33 bits per heavy atom. The SMILES string of the molecule is CCC(Nc1ncnc2sc(C(=O)NCCN3CCOCC3)c(C)c12)c1cccs1. The third-order valence-electron chi connectivity index (χ3n) is 5.36. The predicted octanol–water partition coefficient (Wildman–Crippen LogP) is 3.69. The van der Waals surface area contributed by atoms with Gasteiger partial charge >= 0.3 is 0 Å². The van der Waals surface area contributed by atoms with Crippen LogP contribution in [-0.4, -0.2) is 60.2 Å². The summed E-state index contributed by atoms with van der Waals surface area (Å²) < 4.78 is 5.37. The highest BCUT2D eigenvalue weighted by atomic mass is 32.1. The van der Waals surface area contributed by atoms with Crippen LogP contribution in [0.5, 0.6) is 0 Å². The number of aromatic nitrogens is 2. The molecule has 4 rings (SSSR count). The minimum Gasteiger partial charge on any atom is -0.379 e. The molecule has 1 fully saturated rings. The summed E-state index contributed by atoms with van der Waals surface area (Å²) in [5.41, 5.74) is 0.933. The van der Waals surface area contributed by atoms with Crippen LogP contribution < -0.4 is 10.6 Å². The quantitative estimate of drug-likeness (QED) is 0.551. The first-order valence-corrected chi connectivity index (χ1v) is 12.0. The van der Waals surface area contributed by atoms with Gasteiger partial charge in [0.15, 0.2) is 0 Å². The monoisotopic (exact) mass is 445 g/mol. The van der Waals surface area contributed by atoms with Crippen molar-refractivity contribution in [3.63, 3.8) is 0 Å². The van der Waals surface area contributed by atoms with E-state index in [0.29, 0.717) is 11.4 Å². The lowest BCUT2D eigenvalue weighted by molar-refractivity contribution is 0.0383. The molecule has 1 saturated heterocycles. The van der Waals surface area contributed by atoms with Crippen molar-refractivity contribution in [2.24, 2.45) is 0 Å². The van der Waals surface area contributed by atoms with Crippen LogP contribution in [0, 0.1) is 6.92 Å². The van der Waals surface area contributed by atoms with Crippen LogP contribution in [0.25, 0.3) is 10.2 Å². The number of morpholine rings is 1. The third-order valence-corrected chi connectivity index (χ3v) is 7.54. The molecule has 1 aliphatic rings. The number of carbonyl (C=O) groups excluding carboxylic acids is 1. The summed E-state index contributed by atoms with van der Waals surface area (Å²) in [6.45, 7) is 8.98. The van der Waals surface area contributed by atoms with Crippen molar-refractivity contribution < 1.29 is 9.53 Å². The average Bonchev–Trinajstić information content (AvgIpc) is 3.41. The van der Waals surface area contributed by atoms with Crippen molar-refractivity contribution >= 4 is 44.6 Å². The predicted molar refractivity (Wildman–Crippen MR) is 123 cm³/mol. The lowest BCUT2D eigenvalue weighted by Gasteiger charge is -2.26. The van der Waals surface area contributed by atoms with Crippen LogP contribution in [0.3, 0.4) is 0 Å². The second-order valence-corrected chi connectivity index (χ2v) is 9.27. The number of rotatable bonds is 8. The Balaban J connectivity index is 1.49. The van der Waals surface area contributed by atoms with Crippen LogP contribution >= 0.6 is 22.7 Å². The maximum absolute atomic E-state index is 12.8. The number of nitrogens with one attached hydrogen (secondary N) is 2. The van der Waals surface area contributed by atoms with Crippen LogP contribution in [-0.2, 0) is 4.74 Å². The van der Waals surface area contributed by atoms with E-state index in [1.165, 1.54) is 16.2 Å². The number of fused-ring (bicyclic) bond motifs is 1. The molecule has 1 atom stereocenters. The molecule has 0 aliphatic carbocycles. The zero-order valence-corrected chi connectivity index (χ0v) is 18.9. The minimum atomic E-state index is -0.0417. The first-order valence-electron chi connectivity index (χ1n) is 10.3. The number of thiophene rings is 2. The van der Waals surface area contributed by atoms with Crippen molar-refractivity contribution in [1.29, 1.82) is 0 Å². The van der Waals surface area contributed by atoms with E-state index in [4.69, 9.17) is 4.74 Å². The number of amides is 1. The molecule has 9 heteroatoms. The van der Waals surface area contributed by atoms with Crippen LogP contribution in [0.2, 0.25) is 0 Å². The summed E-state index contributed by atoms with van der Waals surface area (Å²) in [5, 5.41) is 9.66. The standard InChI is InChI=1S/C21H27N5O2S2/c1-3-15(16-5-4-12-29-16)25-19-17-14(2)18(30-21(17)24-13-23-19)20(27)22-6-7-26-8-10-28-11-9-26/h4-5,12-13,15H,3,6-11H2,1-2H3,(H,22,27)(H,23,24,25). The van der Waals surface area contributed by atoms with E-state index >= 15 is 0 Å². The van der Waals surface area contributed by atoms with Gasteiger partial charge < -0.3 is 15.4 Å². The largest absolute Gasteiger partial charge is 0.379 e. The molecule has 4 heterocycles. The van der Waals surface area contributed by atoms with Gasteiger partial charge in [-0.3, -0.25) is 9.69 Å². The molecule has 7 nitrogen and oxygen atoms in total. The van der Waals surface area contributed by atoms with Crippen molar-refractivity contribution in [2.45, 2.75) is 26.3 Å². The number of anilines is 1.